The van der Waals surface area contributed by atoms with E-state index in [4.69, 9.17) is 0 Å². The van der Waals surface area contributed by atoms with Crippen molar-refractivity contribution >= 4 is 40.8 Å². The van der Waals surface area contributed by atoms with Crippen molar-refractivity contribution in [2.45, 2.75) is 51.6 Å². The van der Waals surface area contributed by atoms with Crippen LogP contribution >= 0.6 is 0 Å². The molecule has 0 radical (unpaired) electrons. The molecular weight excluding hydrogens is 869 g/mol. The Morgan fingerprint density at radius 2 is 0.873 bits per heavy atom. The van der Waals surface area contributed by atoms with Gasteiger partial charge in [-0.15, -0.1) is 0 Å². The second kappa shape index (κ2) is 19.2. The highest BCUT2D eigenvalue weighted by Crippen LogP contribution is 2.53. The molecule has 0 saturated heterocycles. The smallest absolute Gasteiger partial charge is 0.0842 e. The maximum Gasteiger partial charge on any atom is 0.106 e. The Hall–Kier alpha value is -7.84. The summed E-state index contributed by atoms with van der Waals surface area (Å²) in [7, 11) is -2.07. The molecule has 0 N–H and O–H groups in total. The molecule has 0 saturated carbocycles. The molecule has 12 rings (SSSR count). The summed E-state index contributed by atoms with van der Waals surface area (Å²) in [5.41, 5.74) is 27.6. The average Bonchev–Trinajstić information content (AvgIpc) is 3.74. The van der Waals surface area contributed by atoms with Crippen LogP contribution in [0.5, 0.6) is 0 Å². The maximum absolute atomic E-state index is 2.62. The SMILES string of the molecule is C[Si]1(C)C=C(c2ccccc2)C(c2ccccc2)=C1c1ccc(-c2c(-c3ccc(C4=C(C5=CC=CCC5)C(C5=CCCC=C5)=CCC4)cc3)c(-c3ccccc3)c3ccccc3c2-c2ccccc2)cc1. The summed E-state index contributed by atoms with van der Waals surface area (Å²) in [6, 6.07) is 72.8. The van der Waals surface area contributed by atoms with Crippen LogP contribution in [-0.4, -0.2) is 8.07 Å². The molecule has 1 aliphatic heterocycles. The Balaban J connectivity index is 1.09. The predicted molar refractivity (Wildman–Crippen MR) is 308 cm³/mol. The van der Waals surface area contributed by atoms with Gasteiger partial charge < -0.3 is 0 Å². The van der Waals surface area contributed by atoms with Crippen molar-refractivity contribution in [2.24, 2.45) is 0 Å². The lowest BCUT2D eigenvalue weighted by Gasteiger charge is -2.27. The van der Waals surface area contributed by atoms with Gasteiger partial charge in [0.1, 0.15) is 8.07 Å². The molecule has 342 valence electrons. The van der Waals surface area contributed by atoms with Gasteiger partial charge in [0.2, 0.25) is 0 Å². The van der Waals surface area contributed by atoms with E-state index in [-0.39, 0.29) is 0 Å². The van der Waals surface area contributed by atoms with E-state index in [1.54, 1.807) is 0 Å². The minimum absolute atomic E-state index is 1.03. The second-order valence-corrected chi connectivity index (χ2v) is 24.2. The Morgan fingerprint density at radius 3 is 1.41 bits per heavy atom. The van der Waals surface area contributed by atoms with E-state index >= 15 is 0 Å². The monoisotopic (exact) mass is 926 g/mol. The molecule has 0 fully saturated rings. The zero-order valence-corrected chi connectivity index (χ0v) is 41.8. The first-order valence-electron chi connectivity index (χ1n) is 25.7. The molecule has 1 heteroatoms. The van der Waals surface area contributed by atoms with Crippen LogP contribution in [0.3, 0.4) is 0 Å². The molecule has 4 aliphatic rings. The van der Waals surface area contributed by atoms with Gasteiger partial charge >= 0.3 is 0 Å². The van der Waals surface area contributed by atoms with Gasteiger partial charge in [0.15, 0.2) is 0 Å². The van der Waals surface area contributed by atoms with E-state index < -0.39 is 8.07 Å². The lowest BCUT2D eigenvalue weighted by Crippen LogP contribution is -2.23. The lowest BCUT2D eigenvalue weighted by molar-refractivity contribution is 0.943. The Labute approximate surface area is 421 Å². The summed E-state index contributed by atoms with van der Waals surface area (Å²) in [4.78, 5) is 0. The molecule has 0 nitrogen and oxygen atoms in total. The molecule has 3 aliphatic carbocycles. The van der Waals surface area contributed by atoms with Crippen molar-refractivity contribution in [2.75, 3.05) is 0 Å². The molecule has 0 atom stereocenters. The van der Waals surface area contributed by atoms with Crippen molar-refractivity contribution in [3.63, 3.8) is 0 Å². The zero-order valence-electron chi connectivity index (χ0n) is 40.8. The number of hydrogen-bond acceptors (Lipinski definition) is 0. The molecule has 0 spiro atoms. The summed E-state index contributed by atoms with van der Waals surface area (Å²) < 4.78 is 0. The lowest BCUT2D eigenvalue weighted by atomic mass is 9.76. The third-order valence-electron chi connectivity index (χ3n) is 15.1. The second-order valence-electron chi connectivity index (χ2n) is 20.0. The highest BCUT2D eigenvalue weighted by molar-refractivity contribution is 7.02. The maximum atomic E-state index is 2.62. The van der Waals surface area contributed by atoms with Crippen LogP contribution in [0.1, 0.15) is 60.8 Å². The van der Waals surface area contributed by atoms with Gasteiger partial charge in [0, 0.05) is 0 Å². The van der Waals surface area contributed by atoms with Gasteiger partial charge in [0.05, 0.1) is 0 Å². The first-order valence-corrected chi connectivity index (χ1v) is 28.8. The fourth-order valence-electron chi connectivity index (χ4n) is 12.0. The summed E-state index contributed by atoms with van der Waals surface area (Å²) in [6.45, 7) is 5.02. The third kappa shape index (κ3) is 8.35. The van der Waals surface area contributed by atoms with E-state index in [2.05, 4.69) is 255 Å². The predicted octanol–water partition coefficient (Wildman–Crippen LogP) is 19.3. The summed E-state index contributed by atoms with van der Waals surface area (Å²) in [5, 5.41) is 4.00. The van der Waals surface area contributed by atoms with Gasteiger partial charge in [-0.25, -0.2) is 0 Å². The Morgan fingerprint density at radius 1 is 0.366 bits per heavy atom. The van der Waals surface area contributed by atoms with Crippen molar-refractivity contribution in [1.82, 2.24) is 0 Å². The molecule has 0 amide bonds. The van der Waals surface area contributed by atoms with Crippen LogP contribution in [0.4, 0.5) is 0 Å². The number of rotatable bonds is 10. The third-order valence-corrected chi connectivity index (χ3v) is 17.9. The van der Waals surface area contributed by atoms with Crippen LogP contribution in [-0.2, 0) is 0 Å². The number of allylic oxidation sites excluding steroid dienone is 14. The van der Waals surface area contributed by atoms with E-state index in [0.29, 0.717) is 0 Å². The van der Waals surface area contributed by atoms with E-state index in [1.165, 1.54) is 122 Å². The fourth-order valence-corrected chi connectivity index (χ4v) is 15.0. The molecule has 0 unspecified atom stereocenters. The quantitative estimate of drug-likeness (QED) is 0.120. The van der Waals surface area contributed by atoms with Crippen molar-refractivity contribution in [3.8, 4) is 44.5 Å². The highest BCUT2D eigenvalue weighted by Gasteiger charge is 2.37. The summed E-state index contributed by atoms with van der Waals surface area (Å²) >= 11 is 0. The first-order chi connectivity index (χ1) is 35.0. The molecule has 0 bridgehead atoms. The van der Waals surface area contributed by atoms with Crippen LogP contribution in [0.25, 0.3) is 77.2 Å². The average molecular weight is 927 g/mol. The van der Waals surface area contributed by atoms with Crippen molar-refractivity contribution in [1.29, 1.82) is 0 Å². The first kappa shape index (κ1) is 44.4. The molecule has 0 aromatic heterocycles. The topological polar surface area (TPSA) is 0 Å². The van der Waals surface area contributed by atoms with Crippen LogP contribution in [0.15, 0.2) is 265 Å². The minimum atomic E-state index is -2.07. The highest BCUT2D eigenvalue weighted by atomic mass is 28.3. The largest absolute Gasteiger partial charge is 0.106 e. The van der Waals surface area contributed by atoms with E-state index in [1.807, 2.05) is 0 Å². The van der Waals surface area contributed by atoms with E-state index in [0.717, 1.165) is 38.5 Å². The van der Waals surface area contributed by atoms with Gasteiger partial charge in [-0.2, -0.15) is 0 Å². The molecule has 8 aromatic carbocycles. The fraction of sp³-hybridized carbons (Fsp3) is 0.114. The number of fused-ring (bicyclic) bond motifs is 1. The van der Waals surface area contributed by atoms with Crippen molar-refractivity contribution in [3.05, 3.63) is 287 Å². The molecule has 71 heavy (non-hydrogen) atoms. The van der Waals surface area contributed by atoms with Gasteiger partial charge in [-0.05, 0) is 160 Å². The Bertz CT molecular complexity index is 3570. The van der Waals surface area contributed by atoms with Gasteiger partial charge in [-0.3, -0.25) is 0 Å². The summed E-state index contributed by atoms with van der Waals surface area (Å²) in [6.07, 6.45) is 23.1. The standard InChI is InChI=1S/C70H58Si/c1-71(2)48-63(50-26-11-4-12-27-50)67(55-34-19-8-20-35-55)70(71)58-46-44-57(45-47-58)69-66(54-32-17-7-18-33-54)62-37-22-21-36-61(62)65(53-30-15-6-16-31-53)68(69)56-42-40-51(41-43-56)60-39-23-38-59(49-24-9-3-10-25-49)64(60)52-28-13-5-14-29-52/h4-9,11-13,15-22,24-28,30-38,40-48H,3,10,14,23,29,39H2,1-2H3. The normalized spacial score (nSPS) is 16.5. The molecule has 8 aromatic rings. The molecule has 1 heterocycles. The minimum Gasteiger partial charge on any atom is -0.0842 e. The van der Waals surface area contributed by atoms with Gasteiger partial charge in [0.25, 0.3) is 0 Å². The van der Waals surface area contributed by atoms with Gasteiger partial charge in [-0.1, -0.05) is 255 Å². The van der Waals surface area contributed by atoms with Crippen molar-refractivity contribution < 1.29 is 0 Å². The summed E-state index contributed by atoms with van der Waals surface area (Å²) in [5.74, 6) is 0. The van der Waals surface area contributed by atoms with Crippen LogP contribution in [0.2, 0.25) is 13.1 Å². The number of benzene rings is 8. The van der Waals surface area contributed by atoms with Crippen LogP contribution < -0.4 is 0 Å². The Kier molecular flexibility index (Phi) is 12.0. The zero-order chi connectivity index (χ0) is 47.7. The van der Waals surface area contributed by atoms with Crippen LogP contribution in [0, 0.1) is 0 Å². The van der Waals surface area contributed by atoms with E-state index in [9.17, 15) is 0 Å². The number of hydrogen-bond donors (Lipinski definition) is 0. The molecular formula is C70H58Si.